The van der Waals surface area contributed by atoms with E-state index in [0.29, 0.717) is 22.0 Å². The molecule has 4 rings (SSSR count). The van der Waals surface area contributed by atoms with Crippen LogP contribution in [-0.4, -0.2) is 13.0 Å². The zero-order valence-corrected chi connectivity index (χ0v) is 16.2. The van der Waals surface area contributed by atoms with Gasteiger partial charge in [0.05, 0.1) is 11.4 Å². The Kier molecular flexibility index (Phi) is 4.45. The number of hydrogen-bond acceptors (Lipinski definition) is 4. The number of aryl methyl sites for hydroxylation is 2. The molecule has 0 radical (unpaired) electrons. The Morgan fingerprint density at radius 2 is 1.29 bits per heavy atom. The average molecular weight is 390 g/mol. The van der Waals surface area contributed by atoms with Crippen LogP contribution in [-0.2, 0) is 10.1 Å². The van der Waals surface area contributed by atoms with Crippen LogP contribution in [0.2, 0.25) is 0 Å². The molecule has 0 saturated carbocycles. The van der Waals surface area contributed by atoms with Crippen molar-refractivity contribution in [2.75, 3.05) is 0 Å². The minimum Gasteiger partial charge on any atom is -0.282 e. The molecule has 0 bridgehead atoms. The van der Waals surface area contributed by atoms with E-state index in [4.69, 9.17) is 0 Å². The standard InChI is InChI=1S/C22H18N2O3S/c1-14-11-12-16-7-3-4-8-17(16)21(14)23-24-22-15(2)13-20(28(25,26)27)18-9-5-6-10-19(18)22/h3-13H,1-2H3,(H,25,26,27). The summed E-state index contributed by atoms with van der Waals surface area (Å²) in [7, 11) is -4.34. The number of hydrogen-bond donors (Lipinski definition) is 1. The molecule has 4 aromatic carbocycles. The molecular weight excluding hydrogens is 372 g/mol. The van der Waals surface area contributed by atoms with Crippen LogP contribution in [0.25, 0.3) is 21.5 Å². The van der Waals surface area contributed by atoms with Crippen molar-refractivity contribution >= 4 is 43.0 Å². The van der Waals surface area contributed by atoms with Gasteiger partial charge in [0.2, 0.25) is 0 Å². The summed E-state index contributed by atoms with van der Waals surface area (Å²) in [6.07, 6.45) is 0. The summed E-state index contributed by atoms with van der Waals surface area (Å²) in [6.45, 7) is 3.73. The summed E-state index contributed by atoms with van der Waals surface area (Å²) >= 11 is 0. The normalized spacial score (nSPS) is 12.2. The first-order valence-corrected chi connectivity index (χ1v) is 10.2. The van der Waals surface area contributed by atoms with Crippen LogP contribution in [0.5, 0.6) is 0 Å². The molecule has 28 heavy (non-hydrogen) atoms. The van der Waals surface area contributed by atoms with Crippen LogP contribution in [0.1, 0.15) is 11.1 Å². The maximum atomic E-state index is 11.8. The van der Waals surface area contributed by atoms with E-state index in [1.165, 1.54) is 6.07 Å². The Hall–Kier alpha value is -3.09. The van der Waals surface area contributed by atoms with Gasteiger partial charge in [-0.05, 0) is 36.4 Å². The molecule has 5 nitrogen and oxygen atoms in total. The summed E-state index contributed by atoms with van der Waals surface area (Å²) in [4.78, 5) is -0.124. The fraction of sp³-hybridized carbons (Fsp3) is 0.0909. The molecule has 0 fully saturated rings. The van der Waals surface area contributed by atoms with E-state index in [0.717, 1.165) is 22.0 Å². The first-order chi connectivity index (χ1) is 13.4. The van der Waals surface area contributed by atoms with Crippen molar-refractivity contribution in [1.29, 1.82) is 0 Å². The second-order valence-electron chi connectivity index (χ2n) is 6.71. The Bertz CT molecular complexity index is 1360. The third kappa shape index (κ3) is 3.17. The molecule has 140 valence electrons. The fourth-order valence-corrected chi connectivity index (χ4v) is 4.18. The van der Waals surface area contributed by atoms with Gasteiger partial charge in [-0.25, -0.2) is 0 Å². The lowest BCUT2D eigenvalue weighted by atomic mass is 10.0. The number of nitrogens with zero attached hydrogens (tertiary/aromatic N) is 2. The molecule has 1 N–H and O–H groups in total. The highest BCUT2D eigenvalue weighted by atomic mass is 32.2. The highest BCUT2D eigenvalue weighted by Crippen LogP contribution is 2.37. The van der Waals surface area contributed by atoms with Crippen molar-refractivity contribution in [2.24, 2.45) is 10.2 Å². The third-order valence-corrected chi connectivity index (χ3v) is 5.69. The second kappa shape index (κ2) is 6.82. The molecule has 4 aromatic rings. The van der Waals surface area contributed by atoms with Crippen LogP contribution >= 0.6 is 0 Å². The molecule has 0 aliphatic carbocycles. The molecule has 0 unspecified atom stereocenters. The monoisotopic (exact) mass is 390 g/mol. The van der Waals surface area contributed by atoms with Crippen LogP contribution in [0.15, 0.2) is 81.9 Å². The van der Waals surface area contributed by atoms with E-state index in [9.17, 15) is 13.0 Å². The molecule has 0 aliphatic rings. The number of azo groups is 1. The highest BCUT2D eigenvalue weighted by Gasteiger charge is 2.18. The van der Waals surface area contributed by atoms with E-state index >= 15 is 0 Å². The molecule has 0 aromatic heterocycles. The van der Waals surface area contributed by atoms with E-state index in [-0.39, 0.29) is 4.90 Å². The Morgan fingerprint density at radius 1 is 0.714 bits per heavy atom. The van der Waals surface area contributed by atoms with Gasteiger partial charge in [0, 0.05) is 16.2 Å². The van der Waals surface area contributed by atoms with Gasteiger partial charge in [-0.1, -0.05) is 60.7 Å². The van der Waals surface area contributed by atoms with E-state index in [1.807, 2.05) is 43.3 Å². The highest BCUT2D eigenvalue weighted by molar-refractivity contribution is 7.86. The average Bonchev–Trinajstić information content (AvgIpc) is 2.67. The smallest absolute Gasteiger partial charge is 0.282 e. The van der Waals surface area contributed by atoms with Crippen molar-refractivity contribution in [3.8, 4) is 0 Å². The van der Waals surface area contributed by atoms with Crippen LogP contribution in [0, 0.1) is 13.8 Å². The van der Waals surface area contributed by atoms with Gasteiger partial charge in [0.1, 0.15) is 4.90 Å². The summed E-state index contributed by atoms with van der Waals surface area (Å²) < 4.78 is 33.1. The lowest BCUT2D eigenvalue weighted by Gasteiger charge is -2.10. The zero-order chi connectivity index (χ0) is 19.9. The number of fused-ring (bicyclic) bond motifs is 2. The molecular formula is C22H18N2O3S. The quantitative estimate of drug-likeness (QED) is 0.331. The minimum atomic E-state index is -4.34. The zero-order valence-electron chi connectivity index (χ0n) is 15.4. The molecule has 0 amide bonds. The number of benzene rings is 4. The maximum Gasteiger partial charge on any atom is 0.295 e. The maximum absolute atomic E-state index is 11.8. The topological polar surface area (TPSA) is 79.1 Å². The van der Waals surface area contributed by atoms with Crippen molar-refractivity contribution in [3.05, 3.63) is 77.9 Å². The molecule has 0 atom stereocenters. The molecule has 0 heterocycles. The third-order valence-electron chi connectivity index (χ3n) is 4.80. The molecule has 6 heteroatoms. The Balaban J connectivity index is 1.95. The SMILES string of the molecule is Cc1ccc2ccccc2c1N=Nc1c(C)cc(S(=O)(=O)O)c2ccccc12. The van der Waals surface area contributed by atoms with Crippen molar-refractivity contribution in [3.63, 3.8) is 0 Å². The van der Waals surface area contributed by atoms with Crippen LogP contribution in [0.4, 0.5) is 11.4 Å². The largest absolute Gasteiger partial charge is 0.295 e. The van der Waals surface area contributed by atoms with Gasteiger partial charge >= 0.3 is 0 Å². The van der Waals surface area contributed by atoms with Crippen LogP contribution in [0.3, 0.4) is 0 Å². The Labute approximate surface area is 163 Å². The number of rotatable bonds is 3. The van der Waals surface area contributed by atoms with Gasteiger partial charge in [-0.2, -0.15) is 8.42 Å². The van der Waals surface area contributed by atoms with Crippen molar-refractivity contribution in [2.45, 2.75) is 18.7 Å². The summed E-state index contributed by atoms with van der Waals surface area (Å²) in [6, 6.07) is 20.4. The van der Waals surface area contributed by atoms with Gasteiger partial charge in [0.25, 0.3) is 10.1 Å². The van der Waals surface area contributed by atoms with Gasteiger partial charge in [-0.3, -0.25) is 4.55 Å². The van der Waals surface area contributed by atoms with Gasteiger partial charge < -0.3 is 0 Å². The molecule has 0 spiro atoms. The lowest BCUT2D eigenvalue weighted by Crippen LogP contribution is -2.00. The van der Waals surface area contributed by atoms with E-state index < -0.39 is 10.1 Å². The summed E-state index contributed by atoms with van der Waals surface area (Å²) in [5, 5.41) is 12.1. The van der Waals surface area contributed by atoms with Gasteiger partial charge in [0.15, 0.2) is 0 Å². The summed E-state index contributed by atoms with van der Waals surface area (Å²) in [5.74, 6) is 0. The van der Waals surface area contributed by atoms with E-state index in [2.05, 4.69) is 10.2 Å². The first kappa shape index (κ1) is 18.3. The summed E-state index contributed by atoms with van der Waals surface area (Å²) in [5.41, 5.74) is 2.97. The minimum absolute atomic E-state index is 0.124. The van der Waals surface area contributed by atoms with Crippen molar-refractivity contribution < 1.29 is 13.0 Å². The molecule has 0 saturated heterocycles. The fourth-order valence-electron chi connectivity index (χ4n) is 3.40. The molecule has 0 aliphatic heterocycles. The van der Waals surface area contributed by atoms with E-state index in [1.54, 1.807) is 31.2 Å². The second-order valence-corrected chi connectivity index (χ2v) is 8.10. The predicted molar refractivity (Wildman–Crippen MR) is 111 cm³/mol. The van der Waals surface area contributed by atoms with Crippen molar-refractivity contribution in [1.82, 2.24) is 0 Å². The Morgan fingerprint density at radius 3 is 1.96 bits per heavy atom. The van der Waals surface area contributed by atoms with Crippen LogP contribution < -0.4 is 0 Å². The van der Waals surface area contributed by atoms with Gasteiger partial charge in [-0.15, -0.1) is 10.2 Å². The first-order valence-electron chi connectivity index (χ1n) is 8.76. The lowest BCUT2D eigenvalue weighted by molar-refractivity contribution is 0.484. The predicted octanol–water partition coefficient (Wildman–Crippen LogP) is 6.27.